The number of hydrogen-bond acceptors (Lipinski definition) is 7. The van der Waals surface area contributed by atoms with Gasteiger partial charge in [-0.05, 0) is 96.4 Å². The third-order valence-electron chi connectivity index (χ3n) is 8.18. The number of esters is 2. The summed E-state index contributed by atoms with van der Waals surface area (Å²) in [7, 11) is 1.37. The SMILES string of the molecule is CCOC(=O)C(C)(CC)CCC(C)(CCC(C#N)CCC(C)(CC)C(=O)OC)C(=O)Nc1ccc(O)cc1. The molecule has 8 heteroatoms. The Bertz CT molecular complexity index is 972. The fourth-order valence-corrected chi connectivity index (χ4v) is 4.39. The molecule has 1 amide bonds. The standard InChI is InChI=1S/C30H46N2O6/c1-8-28(4,26(35)37-7)17-15-22(21-31)16-18-30(6,20-19-29(5,9-2)27(36)38-10-3)25(34)32-23-11-13-24(33)14-12-23/h11-14,22,33H,8-10,15-20H2,1-7H3,(H,32,34). The Labute approximate surface area is 228 Å². The van der Waals surface area contributed by atoms with Gasteiger partial charge < -0.3 is 19.9 Å². The van der Waals surface area contributed by atoms with Gasteiger partial charge in [0.1, 0.15) is 5.75 Å². The Hall–Kier alpha value is -3.08. The van der Waals surface area contributed by atoms with Crippen molar-refractivity contribution in [2.24, 2.45) is 22.2 Å². The Morgan fingerprint density at radius 1 is 0.895 bits per heavy atom. The highest BCUT2D eigenvalue weighted by atomic mass is 16.5. The van der Waals surface area contributed by atoms with Gasteiger partial charge in [0.15, 0.2) is 0 Å². The molecule has 0 saturated carbocycles. The lowest BCUT2D eigenvalue weighted by Crippen LogP contribution is -2.37. The maximum absolute atomic E-state index is 13.6. The zero-order valence-electron chi connectivity index (χ0n) is 24.2. The fourth-order valence-electron chi connectivity index (χ4n) is 4.39. The number of phenolic OH excluding ortho intramolecular Hbond substituents is 1. The zero-order valence-corrected chi connectivity index (χ0v) is 24.2. The van der Waals surface area contributed by atoms with Crippen molar-refractivity contribution >= 4 is 23.5 Å². The van der Waals surface area contributed by atoms with E-state index in [1.165, 1.54) is 19.2 Å². The van der Waals surface area contributed by atoms with E-state index >= 15 is 0 Å². The fraction of sp³-hybridized carbons (Fsp3) is 0.667. The van der Waals surface area contributed by atoms with E-state index in [4.69, 9.17) is 9.47 Å². The molecule has 0 spiro atoms. The van der Waals surface area contributed by atoms with Crippen molar-refractivity contribution < 1.29 is 29.0 Å². The highest BCUT2D eigenvalue weighted by molar-refractivity contribution is 5.95. The Morgan fingerprint density at radius 3 is 1.87 bits per heavy atom. The molecule has 0 aliphatic rings. The third kappa shape index (κ3) is 9.04. The summed E-state index contributed by atoms with van der Waals surface area (Å²) in [6.07, 6.45) is 3.99. The second-order valence-corrected chi connectivity index (χ2v) is 11.0. The first kappa shape index (κ1) is 32.9. The summed E-state index contributed by atoms with van der Waals surface area (Å²) in [5.41, 5.74) is -1.71. The van der Waals surface area contributed by atoms with Gasteiger partial charge in [-0.3, -0.25) is 14.4 Å². The first-order chi connectivity index (χ1) is 17.8. The van der Waals surface area contributed by atoms with E-state index in [-0.39, 0.29) is 29.5 Å². The van der Waals surface area contributed by atoms with E-state index in [0.29, 0.717) is 63.7 Å². The van der Waals surface area contributed by atoms with Crippen molar-refractivity contribution in [1.29, 1.82) is 5.26 Å². The molecule has 0 aromatic heterocycles. The molecule has 8 nitrogen and oxygen atoms in total. The molecule has 0 heterocycles. The summed E-state index contributed by atoms with van der Waals surface area (Å²) in [6, 6.07) is 8.60. The van der Waals surface area contributed by atoms with Gasteiger partial charge in [0.05, 0.1) is 30.6 Å². The molecule has 4 atom stereocenters. The second-order valence-electron chi connectivity index (χ2n) is 11.0. The van der Waals surface area contributed by atoms with Crippen LogP contribution in [0, 0.1) is 33.5 Å². The van der Waals surface area contributed by atoms with Crippen LogP contribution in [0.15, 0.2) is 24.3 Å². The lowest BCUT2D eigenvalue weighted by Gasteiger charge is -2.34. The number of nitrogens with zero attached hydrogens (tertiary/aromatic N) is 1. The van der Waals surface area contributed by atoms with Crippen LogP contribution in [0.1, 0.15) is 92.9 Å². The number of nitrogens with one attached hydrogen (secondary N) is 1. The molecule has 1 rings (SSSR count). The van der Waals surface area contributed by atoms with Gasteiger partial charge in [-0.15, -0.1) is 0 Å². The first-order valence-electron chi connectivity index (χ1n) is 13.6. The summed E-state index contributed by atoms with van der Waals surface area (Å²) >= 11 is 0. The maximum Gasteiger partial charge on any atom is 0.311 e. The predicted molar refractivity (Wildman–Crippen MR) is 147 cm³/mol. The summed E-state index contributed by atoms with van der Waals surface area (Å²) < 4.78 is 10.3. The van der Waals surface area contributed by atoms with Crippen LogP contribution in [0.2, 0.25) is 0 Å². The molecule has 0 radical (unpaired) electrons. The number of amides is 1. The minimum atomic E-state index is -0.869. The number of phenols is 1. The smallest absolute Gasteiger partial charge is 0.311 e. The zero-order chi connectivity index (χ0) is 29.0. The maximum atomic E-state index is 13.6. The van der Waals surface area contributed by atoms with Gasteiger partial charge in [-0.25, -0.2) is 0 Å². The van der Waals surface area contributed by atoms with Crippen molar-refractivity contribution in [3.63, 3.8) is 0 Å². The molecule has 0 aliphatic heterocycles. The minimum absolute atomic E-state index is 0.0989. The van der Waals surface area contributed by atoms with Gasteiger partial charge in [0.25, 0.3) is 0 Å². The monoisotopic (exact) mass is 530 g/mol. The topological polar surface area (TPSA) is 126 Å². The average molecular weight is 531 g/mol. The number of rotatable bonds is 16. The van der Waals surface area contributed by atoms with Crippen LogP contribution in [0.3, 0.4) is 0 Å². The summed E-state index contributed by atoms with van der Waals surface area (Å²) in [5.74, 6) is -1.01. The van der Waals surface area contributed by atoms with Crippen LogP contribution < -0.4 is 5.32 Å². The van der Waals surface area contributed by atoms with Crippen LogP contribution in [0.5, 0.6) is 5.75 Å². The van der Waals surface area contributed by atoms with Crippen LogP contribution in [-0.2, 0) is 23.9 Å². The highest BCUT2D eigenvalue weighted by Crippen LogP contribution is 2.40. The molecular weight excluding hydrogens is 484 g/mol. The molecule has 1 aromatic carbocycles. The summed E-state index contributed by atoms with van der Waals surface area (Å²) in [4.78, 5) is 38.5. The van der Waals surface area contributed by atoms with Gasteiger partial charge in [-0.1, -0.05) is 20.8 Å². The van der Waals surface area contributed by atoms with E-state index in [0.717, 1.165) is 0 Å². The minimum Gasteiger partial charge on any atom is -0.508 e. The van der Waals surface area contributed by atoms with Crippen molar-refractivity contribution in [1.82, 2.24) is 0 Å². The van der Waals surface area contributed by atoms with Crippen LogP contribution in [-0.4, -0.2) is 36.7 Å². The van der Waals surface area contributed by atoms with Crippen LogP contribution in [0.25, 0.3) is 0 Å². The number of aromatic hydroxyl groups is 1. The quantitative estimate of drug-likeness (QED) is 0.187. The van der Waals surface area contributed by atoms with Crippen molar-refractivity contribution in [3.05, 3.63) is 24.3 Å². The van der Waals surface area contributed by atoms with Gasteiger partial charge in [0.2, 0.25) is 5.91 Å². The van der Waals surface area contributed by atoms with Crippen molar-refractivity contribution in [2.75, 3.05) is 19.0 Å². The van der Waals surface area contributed by atoms with Crippen molar-refractivity contribution in [2.45, 2.75) is 92.9 Å². The normalized spacial score (nSPS) is 16.6. The first-order valence-corrected chi connectivity index (χ1v) is 13.6. The number of anilines is 1. The molecule has 38 heavy (non-hydrogen) atoms. The molecule has 2 N–H and O–H groups in total. The average Bonchev–Trinajstić information content (AvgIpc) is 2.92. The molecule has 1 aromatic rings. The lowest BCUT2D eigenvalue weighted by atomic mass is 9.71. The number of nitriles is 1. The summed E-state index contributed by atoms with van der Waals surface area (Å²) in [5, 5.41) is 22.4. The number of methoxy groups -OCH3 is 1. The number of carbonyl (C=O) groups excluding carboxylic acids is 3. The molecule has 0 aliphatic carbocycles. The van der Waals surface area contributed by atoms with Crippen LogP contribution in [0.4, 0.5) is 5.69 Å². The number of benzene rings is 1. The van der Waals surface area contributed by atoms with E-state index in [9.17, 15) is 24.8 Å². The van der Waals surface area contributed by atoms with E-state index < -0.39 is 16.2 Å². The molecule has 4 unspecified atom stereocenters. The number of carbonyl (C=O) groups is 3. The Kier molecular flexibility index (Phi) is 12.8. The van der Waals surface area contributed by atoms with Gasteiger partial charge in [-0.2, -0.15) is 5.26 Å². The molecular formula is C30H46N2O6. The van der Waals surface area contributed by atoms with E-state index in [1.807, 2.05) is 34.6 Å². The number of ether oxygens (including phenoxy) is 2. The van der Waals surface area contributed by atoms with Crippen LogP contribution >= 0.6 is 0 Å². The van der Waals surface area contributed by atoms with E-state index in [1.54, 1.807) is 19.1 Å². The Morgan fingerprint density at radius 2 is 1.39 bits per heavy atom. The largest absolute Gasteiger partial charge is 0.508 e. The van der Waals surface area contributed by atoms with Crippen molar-refractivity contribution in [3.8, 4) is 11.8 Å². The Balaban J connectivity index is 3.10. The lowest BCUT2D eigenvalue weighted by molar-refractivity contribution is -0.156. The van der Waals surface area contributed by atoms with Gasteiger partial charge >= 0.3 is 11.9 Å². The molecule has 0 bridgehead atoms. The predicted octanol–water partition coefficient (Wildman–Crippen LogP) is 6.39. The van der Waals surface area contributed by atoms with E-state index in [2.05, 4.69) is 11.4 Å². The number of hydrogen-bond donors (Lipinski definition) is 2. The molecule has 212 valence electrons. The highest BCUT2D eigenvalue weighted by Gasteiger charge is 2.40. The third-order valence-corrected chi connectivity index (χ3v) is 8.18. The second kappa shape index (κ2) is 14.8. The summed E-state index contributed by atoms with van der Waals surface area (Å²) in [6.45, 7) is 11.5. The molecule has 0 saturated heterocycles. The molecule has 0 fully saturated rings. The van der Waals surface area contributed by atoms with Gasteiger partial charge in [0, 0.05) is 17.0 Å².